The maximum Gasteiger partial charge on any atom is 0.410 e. The highest BCUT2D eigenvalue weighted by molar-refractivity contribution is 9.10. The Morgan fingerprint density at radius 3 is 1.96 bits per heavy atom. The number of benzene rings is 1. The number of hydrogen-bond donors (Lipinski definition) is 0. The van der Waals surface area contributed by atoms with Gasteiger partial charge in [-0.1, -0.05) is 15.9 Å². The number of carbonyl (C=O) groups excluding carboxylic acids is 2. The molecule has 0 N–H and O–H groups in total. The SMILES string of the molecule is CC(C)(C)OC(=O)N1CCN(C(=O)c2c(F)cc(Br)cc2F)CC1. The molecular formula is C16H19BrF2N2O3. The van der Waals surface area contributed by atoms with Crippen LogP contribution in [0.25, 0.3) is 0 Å². The maximum atomic E-state index is 13.9. The third kappa shape index (κ3) is 4.43. The summed E-state index contributed by atoms with van der Waals surface area (Å²) in [6.45, 7) is 6.18. The lowest BCUT2D eigenvalue weighted by Crippen LogP contribution is -2.51. The zero-order chi connectivity index (χ0) is 18.1. The fourth-order valence-corrected chi connectivity index (χ4v) is 2.73. The van der Waals surface area contributed by atoms with Gasteiger partial charge in [0.25, 0.3) is 5.91 Å². The average Bonchev–Trinajstić information content (AvgIpc) is 2.44. The van der Waals surface area contributed by atoms with Crippen molar-refractivity contribution < 1.29 is 23.1 Å². The minimum Gasteiger partial charge on any atom is -0.444 e. The second kappa shape index (κ2) is 7.04. The molecule has 0 radical (unpaired) electrons. The first kappa shape index (κ1) is 18.6. The van der Waals surface area contributed by atoms with E-state index in [0.717, 1.165) is 12.1 Å². The second-order valence-corrected chi connectivity index (χ2v) is 7.42. The van der Waals surface area contributed by atoms with E-state index in [1.165, 1.54) is 9.80 Å². The molecule has 1 saturated heterocycles. The molecule has 0 unspecified atom stereocenters. The fraction of sp³-hybridized carbons (Fsp3) is 0.500. The van der Waals surface area contributed by atoms with Crippen LogP contribution in [-0.4, -0.2) is 53.6 Å². The normalized spacial score (nSPS) is 15.4. The van der Waals surface area contributed by atoms with Crippen molar-refractivity contribution in [3.8, 4) is 0 Å². The summed E-state index contributed by atoms with van der Waals surface area (Å²) < 4.78 is 33.3. The van der Waals surface area contributed by atoms with Crippen molar-refractivity contribution in [3.63, 3.8) is 0 Å². The first-order valence-corrected chi connectivity index (χ1v) is 8.29. The number of carbonyl (C=O) groups is 2. The summed E-state index contributed by atoms with van der Waals surface area (Å²) in [4.78, 5) is 27.1. The zero-order valence-electron chi connectivity index (χ0n) is 13.7. The topological polar surface area (TPSA) is 49.9 Å². The molecule has 132 valence electrons. The smallest absolute Gasteiger partial charge is 0.410 e. The Labute approximate surface area is 147 Å². The van der Waals surface area contributed by atoms with Crippen LogP contribution in [0.3, 0.4) is 0 Å². The standard InChI is InChI=1S/C16H19BrF2N2O3/c1-16(2,3)24-15(23)21-6-4-20(5-7-21)14(22)13-11(18)8-10(17)9-12(13)19/h8-9H,4-7H2,1-3H3. The molecule has 1 aliphatic heterocycles. The number of rotatable bonds is 1. The predicted octanol–water partition coefficient (Wildman–Crippen LogP) is 3.42. The zero-order valence-corrected chi connectivity index (χ0v) is 15.3. The number of piperazine rings is 1. The monoisotopic (exact) mass is 404 g/mol. The van der Waals surface area contributed by atoms with E-state index in [9.17, 15) is 18.4 Å². The van der Waals surface area contributed by atoms with Gasteiger partial charge in [-0.15, -0.1) is 0 Å². The van der Waals surface area contributed by atoms with Crippen molar-refractivity contribution in [2.75, 3.05) is 26.2 Å². The molecule has 2 rings (SSSR count). The van der Waals surface area contributed by atoms with Gasteiger partial charge in [0, 0.05) is 30.7 Å². The van der Waals surface area contributed by atoms with E-state index in [1.54, 1.807) is 20.8 Å². The third-order valence-electron chi connectivity index (χ3n) is 3.44. The van der Waals surface area contributed by atoms with E-state index in [-0.39, 0.29) is 30.7 Å². The summed E-state index contributed by atoms with van der Waals surface area (Å²) in [5, 5.41) is 0. The lowest BCUT2D eigenvalue weighted by atomic mass is 10.1. The average molecular weight is 405 g/mol. The number of halogens is 3. The van der Waals surface area contributed by atoms with Crippen LogP contribution in [-0.2, 0) is 4.74 Å². The van der Waals surface area contributed by atoms with Crippen LogP contribution in [0.2, 0.25) is 0 Å². The van der Waals surface area contributed by atoms with Gasteiger partial charge in [0.2, 0.25) is 0 Å². The molecular weight excluding hydrogens is 386 g/mol. The van der Waals surface area contributed by atoms with Crippen LogP contribution in [0, 0.1) is 11.6 Å². The molecule has 1 heterocycles. The molecule has 5 nitrogen and oxygen atoms in total. The Morgan fingerprint density at radius 2 is 1.50 bits per heavy atom. The Bertz CT molecular complexity index is 630. The van der Waals surface area contributed by atoms with Crippen LogP contribution in [0.1, 0.15) is 31.1 Å². The van der Waals surface area contributed by atoms with Crippen molar-refractivity contribution in [3.05, 3.63) is 33.8 Å². The molecule has 0 bridgehead atoms. The van der Waals surface area contributed by atoms with Gasteiger partial charge in [0.15, 0.2) is 0 Å². The highest BCUT2D eigenvalue weighted by atomic mass is 79.9. The summed E-state index contributed by atoms with van der Waals surface area (Å²) in [5.41, 5.74) is -1.18. The van der Waals surface area contributed by atoms with E-state index >= 15 is 0 Å². The first-order valence-electron chi connectivity index (χ1n) is 7.50. The van der Waals surface area contributed by atoms with E-state index in [0.29, 0.717) is 0 Å². The lowest BCUT2D eigenvalue weighted by molar-refractivity contribution is 0.0139. The van der Waals surface area contributed by atoms with Crippen molar-refractivity contribution in [1.82, 2.24) is 9.80 Å². The third-order valence-corrected chi connectivity index (χ3v) is 3.90. The molecule has 0 saturated carbocycles. The van der Waals surface area contributed by atoms with Gasteiger partial charge in [-0.2, -0.15) is 0 Å². The van der Waals surface area contributed by atoms with Crippen LogP contribution >= 0.6 is 15.9 Å². The van der Waals surface area contributed by atoms with Crippen LogP contribution in [0.5, 0.6) is 0 Å². The van der Waals surface area contributed by atoms with Gasteiger partial charge in [0.05, 0.1) is 0 Å². The summed E-state index contributed by atoms with van der Waals surface area (Å²) in [7, 11) is 0. The van der Waals surface area contributed by atoms with Crippen LogP contribution in [0.15, 0.2) is 16.6 Å². The van der Waals surface area contributed by atoms with Gasteiger partial charge in [-0.3, -0.25) is 4.79 Å². The second-order valence-electron chi connectivity index (χ2n) is 6.50. The molecule has 1 aromatic carbocycles. The van der Waals surface area contributed by atoms with Crippen molar-refractivity contribution in [1.29, 1.82) is 0 Å². The minimum atomic E-state index is -0.915. The molecule has 0 aliphatic carbocycles. The fourth-order valence-electron chi connectivity index (χ4n) is 2.32. The minimum absolute atomic E-state index is 0.188. The van der Waals surface area contributed by atoms with E-state index < -0.39 is 34.8 Å². The molecule has 0 aromatic heterocycles. The Kier molecular flexibility index (Phi) is 5.47. The molecule has 8 heteroatoms. The summed E-state index contributed by atoms with van der Waals surface area (Å²) in [6.07, 6.45) is -0.462. The number of ether oxygens (including phenoxy) is 1. The number of nitrogens with zero attached hydrogens (tertiary/aromatic N) is 2. The molecule has 1 aliphatic rings. The summed E-state index contributed by atoms with van der Waals surface area (Å²) in [5.74, 6) is -2.55. The Hall–Kier alpha value is -1.70. The molecule has 0 atom stereocenters. The molecule has 1 aromatic rings. The molecule has 0 spiro atoms. The Balaban J connectivity index is 2.02. The maximum absolute atomic E-state index is 13.9. The molecule has 1 fully saturated rings. The molecule has 24 heavy (non-hydrogen) atoms. The lowest BCUT2D eigenvalue weighted by Gasteiger charge is -2.35. The highest BCUT2D eigenvalue weighted by Gasteiger charge is 2.30. The van der Waals surface area contributed by atoms with Gasteiger partial charge in [-0.25, -0.2) is 13.6 Å². The van der Waals surface area contributed by atoms with Crippen molar-refractivity contribution in [2.45, 2.75) is 26.4 Å². The van der Waals surface area contributed by atoms with E-state index in [4.69, 9.17) is 4.74 Å². The highest BCUT2D eigenvalue weighted by Crippen LogP contribution is 2.21. The van der Waals surface area contributed by atoms with Crippen molar-refractivity contribution >= 4 is 27.9 Å². The van der Waals surface area contributed by atoms with Crippen LogP contribution < -0.4 is 0 Å². The quantitative estimate of drug-likeness (QED) is 0.720. The van der Waals surface area contributed by atoms with Gasteiger partial charge in [0.1, 0.15) is 22.8 Å². The Morgan fingerprint density at radius 1 is 1.04 bits per heavy atom. The van der Waals surface area contributed by atoms with Gasteiger partial charge >= 0.3 is 6.09 Å². The van der Waals surface area contributed by atoms with E-state index in [2.05, 4.69) is 15.9 Å². The summed E-state index contributed by atoms with van der Waals surface area (Å²) in [6, 6.07) is 2.10. The number of amides is 2. The first-order chi connectivity index (χ1) is 11.1. The van der Waals surface area contributed by atoms with Crippen molar-refractivity contribution in [2.24, 2.45) is 0 Å². The van der Waals surface area contributed by atoms with Gasteiger partial charge in [-0.05, 0) is 32.9 Å². The summed E-state index contributed by atoms with van der Waals surface area (Å²) >= 11 is 2.98. The number of hydrogen-bond acceptors (Lipinski definition) is 3. The largest absolute Gasteiger partial charge is 0.444 e. The predicted molar refractivity (Wildman–Crippen MR) is 87.8 cm³/mol. The van der Waals surface area contributed by atoms with E-state index in [1.807, 2.05) is 0 Å². The molecule has 2 amide bonds. The van der Waals surface area contributed by atoms with Gasteiger partial charge < -0.3 is 14.5 Å². The van der Waals surface area contributed by atoms with Crippen LogP contribution in [0.4, 0.5) is 13.6 Å².